The number of rotatable bonds is 2. The lowest BCUT2D eigenvalue weighted by Crippen LogP contribution is -2.04. The van der Waals surface area contributed by atoms with Crippen LogP contribution in [0.5, 0.6) is 0 Å². The molecule has 0 aromatic carbocycles. The van der Waals surface area contributed by atoms with Crippen molar-refractivity contribution in [2.45, 2.75) is 34.6 Å². The lowest BCUT2D eigenvalue weighted by molar-refractivity contribution is 0.961. The zero-order valence-corrected chi connectivity index (χ0v) is 8.71. The van der Waals surface area contributed by atoms with E-state index < -0.39 is 0 Å². The minimum atomic E-state index is 1.13. The van der Waals surface area contributed by atoms with E-state index in [0.29, 0.717) is 0 Å². The molecule has 1 nitrogen and oxygen atoms in total. The number of hydrogen-bond donors (Lipinski definition) is 1. The van der Waals surface area contributed by atoms with Crippen molar-refractivity contribution in [1.29, 1.82) is 0 Å². The van der Waals surface area contributed by atoms with Gasteiger partial charge in [0.15, 0.2) is 0 Å². The molecule has 11 heavy (non-hydrogen) atoms. The van der Waals surface area contributed by atoms with Gasteiger partial charge >= 0.3 is 0 Å². The molecule has 0 spiro atoms. The second-order valence-electron chi connectivity index (χ2n) is 2.28. The molecular formula is C10H21N. The Morgan fingerprint density at radius 2 is 1.45 bits per heavy atom. The summed E-state index contributed by atoms with van der Waals surface area (Å²) in [7, 11) is 1.92. The zero-order valence-electron chi connectivity index (χ0n) is 8.71. The van der Waals surface area contributed by atoms with Gasteiger partial charge in [-0.1, -0.05) is 26.0 Å². The maximum Gasteiger partial charge on any atom is 0.0105 e. The molecule has 0 saturated heterocycles. The minimum Gasteiger partial charge on any atom is -0.391 e. The molecule has 0 heterocycles. The Morgan fingerprint density at radius 1 is 1.09 bits per heavy atom. The highest BCUT2D eigenvalue weighted by atomic mass is 14.8. The largest absolute Gasteiger partial charge is 0.391 e. The second kappa shape index (κ2) is 7.39. The van der Waals surface area contributed by atoms with Crippen LogP contribution in [0.1, 0.15) is 34.6 Å². The smallest absolute Gasteiger partial charge is 0.0105 e. The molecule has 0 atom stereocenters. The molecule has 0 fully saturated rings. The summed E-state index contributed by atoms with van der Waals surface area (Å²) in [6.45, 7) is 13.9. The van der Waals surface area contributed by atoms with Crippen LogP contribution >= 0.6 is 0 Å². The molecule has 0 radical (unpaired) electrons. The van der Waals surface area contributed by atoms with Gasteiger partial charge in [-0.3, -0.25) is 0 Å². The monoisotopic (exact) mass is 155 g/mol. The molecule has 0 aliphatic carbocycles. The third kappa shape index (κ3) is 5.71. The number of hydrogen-bond acceptors (Lipinski definition) is 1. The van der Waals surface area contributed by atoms with Crippen LogP contribution in [0.2, 0.25) is 0 Å². The van der Waals surface area contributed by atoms with Crippen molar-refractivity contribution in [2.24, 2.45) is 0 Å². The fourth-order valence-corrected chi connectivity index (χ4v) is 0.508. The Bertz CT molecular complexity index is 143. The third-order valence-corrected chi connectivity index (χ3v) is 1.58. The summed E-state index contributed by atoms with van der Waals surface area (Å²) in [5.41, 5.74) is 3.57. The summed E-state index contributed by atoms with van der Waals surface area (Å²) in [6.07, 6.45) is 0. The van der Waals surface area contributed by atoms with E-state index in [9.17, 15) is 0 Å². The molecule has 0 unspecified atom stereocenters. The van der Waals surface area contributed by atoms with E-state index in [2.05, 4.69) is 18.8 Å². The van der Waals surface area contributed by atoms with Crippen LogP contribution in [0.15, 0.2) is 23.4 Å². The van der Waals surface area contributed by atoms with Gasteiger partial charge in [-0.2, -0.15) is 0 Å². The Balaban J connectivity index is 0. The Morgan fingerprint density at radius 3 is 1.55 bits per heavy atom. The SMILES string of the molecule is C=C(C)/C(C)=C(\C)NC.CC. The van der Waals surface area contributed by atoms with Crippen LogP contribution < -0.4 is 5.32 Å². The van der Waals surface area contributed by atoms with E-state index in [1.807, 2.05) is 34.7 Å². The maximum atomic E-state index is 3.83. The first-order chi connectivity index (χ1) is 5.09. The van der Waals surface area contributed by atoms with E-state index in [1.165, 1.54) is 11.3 Å². The molecule has 0 rings (SSSR count). The van der Waals surface area contributed by atoms with Crippen LogP contribution in [0, 0.1) is 0 Å². The summed E-state index contributed by atoms with van der Waals surface area (Å²) in [5.74, 6) is 0. The van der Waals surface area contributed by atoms with E-state index >= 15 is 0 Å². The molecule has 0 aliphatic heterocycles. The zero-order chi connectivity index (χ0) is 9.44. The highest BCUT2D eigenvalue weighted by molar-refractivity contribution is 5.27. The molecule has 0 bridgehead atoms. The van der Waals surface area contributed by atoms with Gasteiger partial charge in [-0.05, 0) is 26.3 Å². The van der Waals surface area contributed by atoms with E-state index in [0.717, 1.165) is 5.57 Å². The van der Waals surface area contributed by atoms with Gasteiger partial charge in [0.1, 0.15) is 0 Å². The predicted molar refractivity (Wildman–Crippen MR) is 53.6 cm³/mol. The first-order valence-corrected chi connectivity index (χ1v) is 4.10. The fourth-order valence-electron chi connectivity index (χ4n) is 0.508. The van der Waals surface area contributed by atoms with E-state index in [4.69, 9.17) is 0 Å². The van der Waals surface area contributed by atoms with E-state index in [1.54, 1.807) is 0 Å². The molecule has 1 N–H and O–H groups in total. The molecule has 0 amide bonds. The van der Waals surface area contributed by atoms with Gasteiger partial charge in [-0.25, -0.2) is 0 Å². The van der Waals surface area contributed by atoms with E-state index in [-0.39, 0.29) is 0 Å². The molecule has 66 valence electrons. The summed E-state index contributed by atoms with van der Waals surface area (Å²) in [6, 6.07) is 0. The lowest BCUT2D eigenvalue weighted by atomic mass is 10.1. The molecule has 0 aliphatic rings. The van der Waals surface area contributed by atoms with Gasteiger partial charge in [0.2, 0.25) is 0 Å². The Hall–Kier alpha value is -0.720. The van der Waals surface area contributed by atoms with Crippen LogP contribution in [0.25, 0.3) is 0 Å². The van der Waals surface area contributed by atoms with Crippen molar-refractivity contribution in [3.8, 4) is 0 Å². The molecular weight excluding hydrogens is 134 g/mol. The highest BCUT2D eigenvalue weighted by Gasteiger charge is 1.92. The topological polar surface area (TPSA) is 12.0 Å². The van der Waals surface area contributed by atoms with Gasteiger partial charge in [0.05, 0.1) is 0 Å². The Labute approximate surface area is 71.2 Å². The molecule has 0 aromatic rings. The van der Waals surface area contributed by atoms with Crippen molar-refractivity contribution < 1.29 is 0 Å². The van der Waals surface area contributed by atoms with Crippen LogP contribution in [0.3, 0.4) is 0 Å². The van der Waals surface area contributed by atoms with Crippen molar-refractivity contribution in [1.82, 2.24) is 5.32 Å². The molecule has 0 aromatic heterocycles. The summed E-state index contributed by atoms with van der Waals surface area (Å²) in [4.78, 5) is 0. The van der Waals surface area contributed by atoms with Gasteiger partial charge in [0, 0.05) is 12.7 Å². The first-order valence-electron chi connectivity index (χ1n) is 4.10. The summed E-state index contributed by atoms with van der Waals surface area (Å²) in [5, 5.41) is 3.06. The van der Waals surface area contributed by atoms with Gasteiger partial charge < -0.3 is 5.32 Å². The van der Waals surface area contributed by atoms with Gasteiger partial charge in [-0.15, -0.1) is 0 Å². The van der Waals surface area contributed by atoms with Crippen LogP contribution in [-0.2, 0) is 0 Å². The molecule has 1 heteroatoms. The van der Waals surface area contributed by atoms with Crippen LogP contribution in [-0.4, -0.2) is 7.05 Å². The number of allylic oxidation sites excluding steroid dienone is 3. The first kappa shape index (κ1) is 12.9. The molecule has 0 saturated carbocycles. The maximum absolute atomic E-state index is 3.83. The average Bonchev–Trinajstić information content (AvgIpc) is 2.05. The van der Waals surface area contributed by atoms with Crippen molar-refractivity contribution in [2.75, 3.05) is 7.05 Å². The van der Waals surface area contributed by atoms with Crippen molar-refractivity contribution in [3.63, 3.8) is 0 Å². The predicted octanol–water partition coefficient (Wildman–Crippen LogP) is 3.10. The quantitative estimate of drug-likeness (QED) is 0.604. The third-order valence-electron chi connectivity index (χ3n) is 1.58. The van der Waals surface area contributed by atoms with Gasteiger partial charge in [0.25, 0.3) is 0 Å². The van der Waals surface area contributed by atoms with Crippen molar-refractivity contribution in [3.05, 3.63) is 23.4 Å². The fraction of sp³-hybridized carbons (Fsp3) is 0.600. The van der Waals surface area contributed by atoms with Crippen LogP contribution in [0.4, 0.5) is 0 Å². The highest BCUT2D eigenvalue weighted by Crippen LogP contribution is 2.07. The summed E-state index contributed by atoms with van der Waals surface area (Å²) < 4.78 is 0. The normalized spacial score (nSPS) is 10.7. The lowest BCUT2D eigenvalue weighted by Gasteiger charge is -2.04. The minimum absolute atomic E-state index is 1.13. The summed E-state index contributed by atoms with van der Waals surface area (Å²) >= 11 is 0. The number of nitrogens with one attached hydrogen (secondary N) is 1. The average molecular weight is 155 g/mol. The second-order valence-corrected chi connectivity index (χ2v) is 2.28. The standard InChI is InChI=1S/C8H15N.C2H6/c1-6(2)7(3)8(4)9-5;1-2/h9H,1H2,2-5H3;1-2H3/b8-7+;. The van der Waals surface area contributed by atoms with Crippen molar-refractivity contribution >= 4 is 0 Å². The Kier molecular flexibility index (Phi) is 8.67.